The van der Waals surface area contributed by atoms with E-state index in [9.17, 15) is 19.5 Å². The topological polar surface area (TPSA) is 95.5 Å². The van der Waals surface area contributed by atoms with Crippen LogP contribution in [-0.4, -0.2) is 36.0 Å². The lowest BCUT2D eigenvalue weighted by Crippen LogP contribution is -2.54. The van der Waals surface area contributed by atoms with Crippen LogP contribution in [0.15, 0.2) is 54.6 Å². The highest BCUT2D eigenvalue weighted by molar-refractivity contribution is 5.89. The third kappa shape index (κ3) is 10.2. The van der Waals surface area contributed by atoms with Crippen molar-refractivity contribution in [2.75, 3.05) is 7.05 Å². The fraction of sp³-hybridized carbons (Fsp3) is 0.469. The van der Waals surface area contributed by atoms with Gasteiger partial charge in [0.2, 0.25) is 11.8 Å². The standard InChI is InChI=1S/C32H44N2O4/c1-6-7-13-27(31(37)38)22-26(29(35)34-28(30(36)33-5)32(2,3)4)21-20-25-18-16-24(17-19-25)15-14-23-11-9-8-10-12-23/h8-12,14-19,26-28H,6-7,13,20-22H2,1-5H3,(H,33,36)(H,34,35)(H,37,38)/b15-14+/t26-,27+,28-/m1/s1. The first-order valence-electron chi connectivity index (χ1n) is 13.6. The van der Waals surface area contributed by atoms with Crippen molar-refractivity contribution in [1.29, 1.82) is 0 Å². The molecule has 0 aromatic heterocycles. The number of aliphatic carboxylic acids is 1. The fourth-order valence-electron chi connectivity index (χ4n) is 4.46. The second-order valence-corrected chi connectivity index (χ2v) is 11.1. The predicted octanol–water partition coefficient (Wildman–Crippen LogP) is 5.96. The van der Waals surface area contributed by atoms with Gasteiger partial charge in [-0.05, 0) is 47.8 Å². The van der Waals surface area contributed by atoms with Crippen LogP contribution in [0.4, 0.5) is 0 Å². The Bertz CT molecular complexity index is 1060. The molecule has 0 saturated carbocycles. The van der Waals surface area contributed by atoms with Crippen LogP contribution >= 0.6 is 0 Å². The van der Waals surface area contributed by atoms with Crippen molar-refractivity contribution in [3.63, 3.8) is 0 Å². The molecule has 6 nitrogen and oxygen atoms in total. The van der Waals surface area contributed by atoms with Gasteiger partial charge >= 0.3 is 5.97 Å². The van der Waals surface area contributed by atoms with Crippen LogP contribution in [0.25, 0.3) is 12.2 Å². The van der Waals surface area contributed by atoms with Crippen LogP contribution < -0.4 is 10.6 Å². The van der Waals surface area contributed by atoms with Crippen LogP contribution in [0.2, 0.25) is 0 Å². The molecule has 2 rings (SSSR count). The first-order chi connectivity index (χ1) is 18.0. The van der Waals surface area contributed by atoms with Gasteiger partial charge < -0.3 is 15.7 Å². The molecule has 3 N–H and O–H groups in total. The Hall–Kier alpha value is -3.41. The highest BCUT2D eigenvalue weighted by Crippen LogP contribution is 2.26. The van der Waals surface area contributed by atoms with Crippen molar-refractivity contribution in [3.05, 3.63) is 71.3 Å². The van der Waals surface area contributed by atoms with E-state index >= 15 is 0 Å². The second-order valence-electron chi connectivity index (χ2n) is 11.1. The van der Waals surface area contributed by atoms with Crippen LogP contribution in [0.1, 0.15) is 76.5 Å². The molecule has 0 aliphatic rings. The number of benzene rings is 2. The summed E-state index contributed by atoms with van der Waals surface area (Å²) in [6.45, 7) is 7.73. The van der Waals surface area contributed by atoms with Crippen molar-refractivity contribution in [3.8, 4) is 0 Å². The molecule has 2 aromatic carbocycles. The third-order valence-corrected chi connectivity index (χ3v) is 6.89. The van der Waals surface area contributed by atoms with E-state index in [1.54, 1.807) is 7.05 Å². The number of hydrogen-bond donors (Lipinski definition) is 3. The molecular weight excluding hydrogens is 476 g/mol. The number of carboxylic acids is 1. The lowest BCUT2D eigenvalue weighted by Gasteiger charge is -2.31. The number of carbonyl (C=O) groups excluding carboxylic acids is 2. The van der Waals surface area contributed by atoms with Crippen molar-refractivity contribution in [2.45, 2.75) is 72.3 Å². The number of aryl methyl sites for hydroxylation is 1. The SMILES string of the molecule is CCCC[C@@H](C[C@@H](CCc1ccc(/C=C/c2ccccc2)cc1)C(=O)N[C@H](C(=O)NC)C(C)(C)C)C(=O)O. The monoisotopic (exact) mass is 520 g/mol. The first kappa shape index (κ1) is 30.8. The summed E-state index contributed by atoms with van der Waals surface area (Å²) in [5, 5.41) is 15.4. The van der Waals surface area contributed by atoms with Crippen molar-refractivity contribution >= 4 is 29.9 Å². The number of carbonyl (C=O) groups is 3. The van der Waals surface area contributed by atoms with Gasteiger partial charge in [-0.15, -0.1) is 0 Å². The van der Waals surface area contributed by atoms with Crippen LogP contribution in [0, 0.1) is 17.3 Å². The minimum atomic E-state index is -0.871. The molecule has 2 amide bonds. The molecule has 0 radical (unpaired) electrons. The number of amides is 2. The van der Waals surface area contributed by atoms with Gasteiger partial charge in [0.05, 0.1) is 5.92 Å². The number of likely N-dealkylation sites (N-methyl/N-ethyl adjacent to an activating group) is 1. The van der Waals surface area contributed by atoms with Gasteiger partial charge in [0.15, 0.2) is 0 Å². The molecule has 0 aliphatic carbocycles. The fourth-order valence-corrected chi connectivity index (χ4v) is 4.46. The zero-order valence-corrected chi connectivity index (χ0v) is 23.5. The Balaban J connectivity index is 2.16. The van der Waals surface area contributed by atoms with Gasteiger partial charge in [-0.1, -0.05) is 107 Å². The largest absolute Gasteiger partial charge is 0.481 e. The van der Waals surface area contributed by atoms with Gasteiger partial charge in [-0.25, -0.2) is 0 Å². The van der Waals surface area contributed by atoms with E-state index < -0.39 is 29.3 Å². The molecule has 6 heteroatoms. The first-order valence-corrected chi connectivity index (χ1v) is 13.6. The lowest BCUT2D eigenvalue weighted by molar-refractivity contribution is -0.143. The van der Waals surface area contributed by atoms with Gasteiger partial charge in [0.1, 0.15) is 6.04 Å². The van der Waals surface area contributed by atoms with E-state index in [4.69, 9.17) is 0 Å². The molecule has 0 unspecified atom stereocenters. The number of hydrogen-bond acceptors (Lipinski definition) is 3. The predicted molar refractivity (Wildman–Crippen MR) is 154 cm³/mol. The molecule has 206 valence electrons. The molecule has 2 aromatic rings. The Kier molecular flexibility index (Phi) is 12.3. The summed E-state index contributed by atoms with van der Waals surface area (Å²) < 4.78 is 0. The summed E-state index contributed by atoms with van der Waals surface area (Å²) in [6, 6.07) is 17.6. The number of unbranched alkanes of at least 4 members (excludes halogenated alkanes) is 1. The van der Waals surface area contributed by atoms with E-state index in [0.29, 0.717) is 19.3 Å². The van der Waals surface area contributed by atoms with E-state index in [1.807, 2.05) is 70.2 Å². The maximum Gasteiger partial charge on any atom is 0.306 e. The maximum absolute atomic E-state index is 13.5. The highest BCUT2D eigenvalue weighted by Gasteiger charge is 2.35. The van der Waals surface area contributed by atoms with Crippen molar-refractivity contribution in [1.82, 2.24) is 10.6 Å². The second kappa shape index (κ2) is 15.1. The van der Waals surface area contributed by atoms with Crippen molar-refractivity contribution < 1.29 is 19.5 Å². The lowest BCUT2D eigenvalue weighted by atomic mass is 9.83. The summed E-state index contributed by atoms with van der Waals surface area (Å²) in [4.78, 5) is 37.9. The maximum atomic E-state index is 13.5. The smallest absolute Gasteiger partial charge is 0.306 e. The van der Waals surface area contributed by atoms with E-state index in [1.165, 1.54) is 0 Å². The molecule has 3 atom stereocenters. The zero-order valence-electron chi connectivity index (χ0n) is 23.5. The van der Waals surface area contributed by atoms with Gasteiger partial charge in [0.25, 0.3) is 0 Å². The highest BCUT2D eigenvalue weighted by atomic mass is 16.4. The minimum absolute atomic E-state index is 0.254. The summed E-state index contributed by atoms with van der Waals surface area (Å²) in [5.74, 6) is -2.50. The average molecular weight is 521 g/mol. The van der Waals surface area contributed by atoms with E-state index in [-0.39, 0.29) is 18.2 Å². The molecule has 0 heterocycles. The molecule has 0 spiro atoms. The number of rotatable bonds is 14. The normalized spacial score (nSPS) is 14.0. The zero-order chi connectivity index (χ0) is 28.1. The average Bonchev–Trinajstić information content (AvgIpc) is 2.90. The molecule has 0 fully saturated rings. The molecule has 0 saturated heterocycles. The van der Waals surface area contributed by atoms with Crippen LogP contribution in [-0.2, 0) is 20.8 Å². The van der Waals surface area contributed by atoms with Gasteiger partial charge in [-0.3, -0.25) is 14.4 Å². The summed E-state index contributed by atoms with van der Waals surface area (Å²) in [7, 11) is 1.55. The number of nitrogens with one attached hydrogen (secondary N) is 2. The Labute approximate surface area is 227 Å². The van der Waals surface area contributed by atoms with Crippen molar-refractivity contribution in [2.24, 2.45) is 17.3 Å². The summed E-state index contributed by atoms with van der Waals surface area (Å²) in [6.07, 6.45) is 7.76. The van der Waals surface area contributed by atoms with Crippen LogP contribution in [0.5, 0.6) is 0 Å². The minimum Gasteiger partial charge on any atom is -0.481 e. The summed E-state index contributed by atoms with van der Waals surface area (Å²) in [5.41, 5.74) is 2.80. The molecule has 0 bridgehead atoms. The van der Waals surface area contributed by atoms with Gasteiger partial charge in [-0.2, -0.15) is 0 Å². The quantitative estimate of drug-likeness (QED) is 0.268. The van der Waals surface area contributed by atoms with Crippen LogP contribution in [0.3, 0.4) is 0 Å². The molecule has 38 heavy (non-hydrogen) atoms. The summed E-state index contributed by atoms with van der Waals surface area (Å²) >= 11 is 0. The molecular formula is C32H44N2O4. The third-order valence-electron chi connectivity index (χ3n) is 6.89. The molecule has 0 aliphatic heterocycles. The Morgan fingerprint density at radius 3 is 2.00 bits per heavy atom. The van der Waals surface area contributed by atoms with E-state index in [2.05, 4.69) is 34.9 Å². The Morgan fingerprint density at radius 2 is 1.47 bits per heavy atom. The van der Waals surface area contributed by atoms with Gasteiger partial charge in [0, 0.05) is 13.0 Å². The Morgan fingerprint density at radius 1 is 0.868 bits per heavy atom. The number of carboxylic acid groups (broad SMARTS) is 1. The van der Waals surface area contributed by atoms with E-state index in [0.717, 1.165) is 29.5 Å².